The van der Waals surface area contributed by atoms with Crippen LogP contribution in [0.2, 0.25) is 0 Å². The van der Waals surface area contributed by atoms with Gasteiger partial charge in [-0.25, -0.2) is 0 Å². The molecule has 0 amide bonds. The van der Waals surface area contributed by atoms with Gasteiger partial charge in [-0.05, 0) is 133 Å². The van der Waals surface area contributed by atoms with E-state index in [9.17, 15) is 23.2 Å². The molecule has 0 aliphatic rings. The van der Waals surface area contributed by atoms with E-state index < -0.39 is 11.9 Å². The second-order valence-corrected chi connectivity index (χ2v) is 18.8. The SMILES string of the molecule is Cc1ccc(CC(=O)CCCc2ccc(-c3ccc(F)nc3F)cc2)cc1.Cc1ccc(CC(=O)CCCc2ccc(-c3cccnc3)cc2)cc1.O=C(CCCc1ccc(Br)cc1)Cc1ccccc1. The molecule has 0 aliphatic carbocycles. The van der Waals surface area contributed by atoms with Crippen molar-refractivity contribution in [1.82, 2.24) is 9.97 Å². The van der Waals surface area contributed by atoms with E-state index in [-0.39, 0.29) is 11.3 Å². The van der Waals surface area contributed by atoms with Crippen LogP contribution in [-0.2, 0) is 52.9 Å². The van der Waals surface area contributed by atoms with Crippen molar-refractivity contribution in [2.75, 3.05) is 0 Å². The van der Waals surface area contributed by atoms with Gasteiger partial charge in [-0.15, -0.1) is 0 Å². The summed E-state index contributed by atoms with van der Waals surface area (Å²) >= 11 is 3.42. The summed E-state index contributed by atoms with van der Waals surface area (Å²) in [5.74, 6) is -0.776. The second-order valence-electron chi connectivity index (χ2n) is 17.9. The number of Topliss-reactive ketones (excluding diaryl/α,β-unsaturated/α-hetero) is 3. The van der Waals surface area contributed by atoms with Gasteiger partial charge in [0.2, 0.25) is 11.9 Å². The number of rotatable bonds is 20. The molecule has 2 heterocycles. The standard InChI is InChI=1S/C23H21F2NO.C23H23NO.C17H17BrO/c1-16-5-7-18(8-6-16)15-20(27)4-2-3-17-9-11-19(12-10-17)21-13-14-22(24)26-23(21)25;1-18-7-9-20(10-8-18)16-23(25)6-2-4-19-11-13-21(14-12-19)22-5-3-15-24-17-22;18-16-11-9-14(10-12-16)7-4-8-17(19)13-15-5-2-1-3-6-15/h5-14H,2-4,15H2,1H3;3,5,7-15,17H,2,4,6,16H2,1H3;1-3,5-6,9-12H,4,7-8,13H2. The van der Waals surface area contributed by atoms with Gasteiger partial charge in [-0.2, -0.15) is 13.8 Å². The third kappa shape index (κ3) is 19.4. The zero-order chi connectivity index (χ0) is 50.2. The van der Waals surface area contributed by atoms with Crippen LogP contribution in [0.5, 0.6) is 0 Å². The molecule has 6 aromatic carbocycles. The molecular weight excluding hydrogens is 951 g/mol. The van der Waals surface area contributed by atoms with E-state index in [1.54, 1.807) is 18.3 Å². The molecule has 8 aromatic rings. The predicted octanol–water partition coefficient (Wildman–Crippen LogP) is 15.2. The summed E-state index contributed by atoms with van der Waals surface area (Å²) in [6.45, 7) is 4.09. The van der Waals surface area contributed by atoms with Gasteiger partial charge in [0.15, 0.2) is 0 Å². The average molecular weight is 1010 g/mol. The third-order valence-corrected chi connectivity index (χ3v) is 12.5. The lowest BCUT2D eigenvalue weighted by atomic mass is 10.00. The molecule has 0 fully saturated rings. The molecule has 0 spiro atoms. The van der Waals surface area contributed by atoms with E-state index in [2.05, 4.69) is 87.4 Å². The summed E-state index contributed by atoms with van der Waals surface area (Å²) in [4.78, 5) is 43.4. The highest BCUT2D eigenvalue weighted by atomic mass is 79.9. The summed E-state index contributed by atoms with van der Waals surface area (Å²) in [5, 5.41) is 0. The first-order valence-electron chi connectivity index (χ1n) is 24.3. The minimum Gasteiger partial charge on any atom is -0.299 e. The molecule has 0 bridgehead atoms. The van der Waals surface area contributed by atoms with Crippen LogP contribution in [0.4, 0.5) is 8.78 Å². The van der Waals surface area contributed by atoms with Crippen LogP contribution in [-0.4, -0.2) is 27.3 Å². The van der Waals surface area contributed by atoms with Crippen molar-refractivity contribution in [3.8, 4) is 22.3 Å². The van der Waals surface area contributed by atoms with Gasteiger partial charge in [0.1, 0.15) is 17.3 Å². The number of benzene rings is 6. The normalized spacial score (nSPS) is 10.6. The quantitative estimate of drug-likeness (QED) is 0.0711. The monoisotopic (exact) mass is 1010 g/mol. The van der Waals surface area contributed by atoms with Crippen LogP contribution < -0.4 is 0 Å². The number of hydrogen-bond acceptors (Lipinski definition) is 5. The Morgan fingerprint density at radius 2 is 0.859 bits per heavy atom. The van der Waals surface area contributed by atoms with Gasteiger partial charge in [-0.1, -0.05) is 173 Å². The minimum atomic E-state index is -0.830. The Morgan fingerprint density at radius 3 is 1.30 bits per heavy atom. The summed E-state index contributed by atoms with van der Waals surface area (Å²) < 4.78 is 27.7. The van der Waals surface area contributed by atoms with Crippen molar-refractivity contribution in [2.24, 2.45) is 0 Å². The maximum Gasteiger partial charge on any atom is 0.223 e. The largest absolute Gasteiger partial charge is 0.299 e. The van der Waals surface area contributed by atoms with Crippen molar-refractivity contribution in [3.63, 3.8) is 0 Å². The fourth-order valence-corrected chi connectivity index (χ4v) is 8.22. The van der Waals surface area contributed by atoms with Gasteiger partial charge in [0, 0.05) is 61.0 Å². The van der Waals surface area contributed by atoms with Gasteiger partial charge >= 0.3 is 0 Å². The molecule has 0 saturated heterocycles. The molecule has 0 unspecified atom stereocenters. The lowest BCUT2D eigenvalue weighted by Gasteiger charge is -2.06. The minimum absolute atomic E-state index is 0.231. The lowest BCUT2D eigenvalue weighted by Crippen LogP contribution is -2.03. The Hall–Kier alpha value is -7.03. The summed E-state index contributed by atoms with van der Waals surface area (Å²) in [6.07, 6.45) is 12.3. The number of nitrogens with zero attached hydrogens (tertiary/aromatic N) is 2. The number of carbonyl (C=O) groups excluding carboxylic acids is 3. The number of pyridine rings is 2. The molecule has 0 saturated carbocycles. The number of carbonyl (C=O) groups is 3. The molecule has 5 nitrogen and oxygen atoms in total. The molecule has 2 aromatic heterocycles. The fourth-order valence-electron chi connectivity index (χ4n) is 7.95. The molecule has 0 radical (unpaired) electrons. The van der Waals surface area contributed by atoms with Crippen LogP contribution in [0.1, 0.15) is 83.0 Å². The number of aromatic nitrogens is 2. The zero-order valence-corrected chi connectivity index (χ0v) is 42.2. The molecular formula is C63H61BrF2N2O3. The smallest absolute Gasteiger partial charge is 0.223 e. The zero-order valence-electron chi connectivity index (χ0n) is 40.6. The van der Waals surface area contributed by atoms with E-state index >= 15 is 0 Å². The first-order chi connectivity index (χ1) is 34.4. The lowest BCUT2D eigenvalue weighted by molar-refractivity contribution is -0.119. The Balaban J connectivity index is 0.000000177. The van der Waals surface area contributed by atoms with Crippen LogP contribution in [0.15, 0.2) is 193 Å². The molecule has 71 heavy (non-hydrogen) atoms. The number of halogens is 3. The number of ketones is 3. The van der Waals surface area contributed by atoms with Crippen molar-refractivity contribution < 1.29 is 23.2 Å². The highest BCUT2D eigenvalue weighted by Gasteiger charge is 2.10. The van der Waals surface area contributed by atoms with Crippen LogP contribution in [0.3, 0.4) is 0 Å². The van der Waals surface area contributed by atoms with Crippen molar-refractivity contribution in [1.29, 1.82) is 0 Å². The van der Waals surface area contributed by atoms with Crippen LogP contribution in [0.25, 0.3) is 22.3 Å². The molecule has 8 heteroatoms. The van der Waals surface area contributed by atoms with Gasteiger partial charge < -0.3 is 0 Å². The Bertz CT molecular complexity index is 2870. The van der Waals surface area contributed by atoms with Crippen molar-refractivity contribution >= 4 is 33.3 Å². The summed E-state index contributed by atoms with van der Waals surface area (Å²) in [5.41, 5.74) is 12.5. The van der Waals surface area contributed by atoms with Crippen molar-refractivity contribution in [3.05, 3.63) is 249 Å². The van der Waals surface area contributed by atoms with Gasteiger partial charge in [-0.3, -0.25) is 19.4 Å². The maximum absolute atomic E-state index is 13.7. The van der Waals surface area contributed by atoms with Gasteiger partial charge in [0.25, 0.3) is 0 Å². The van der Waals surface area contributed by atoms with Gasteiger partial charge in [0.05, 0.1) is 0 Å². The highest BCUT2D eigenvalue weighted by molar-refractivity contribution is 9.10. The molecule has 0 aliphatic heterocycles. The van der Waals surface area contributed by atoms with Crippen molar-refractivity contribution in [2.45, 2.75) is 90.9 Å². The average Bonchev–Trinajstić information content (AvgIpc) is 3.37. The number of aryl methyl sites for hydroxylation is 5. The Kier molecular flexibility index (Phi) is 21.5. The van der Waals surface area contributed by atoms with E-state index in [0.29, 0.717) is 55.7 Å². The van der Waals surface area contributed by atoms with Crippen LogP contribution >= 0.6 is 15.9 Å². The number of hydrogen-bond donors (Lipinski definition) is 0. The van der Waals surface area contributed by atoms with E-state index in [4.69, 9.17) is 0 Å². The Labute approximate surface area is 426 Å². The highest BCUT2D eigenvalue weighted by Crippen LogP contribution is 2.24. The Morgan fingerprint density at radius 1 is 0.437 bits per heavy atom. The molecule has 0 N–H and O–H groups in total. The molecule has 8 rings (SSSR count). The van der Waals surface area contributed by atoms with E-state index in [1.807, 2.05) is 110 Å². The topological polar surface area (TPSA) is 77.0 Å². The fraction of sp³-hybridized carbons (Fsp3) is 0.222. The maximum atomic E-state index is 13.7. The first-order valence-corrected chi connectivity index (χ1v) is 25.1. The van der Waals surface area contributed by atoms with E-state index in [1.165, 1.54) is 33.9 Å². The predicted molar refractivity (Wildman–Crippen MR) is 287 cm³/mol. The summed E-state index contributed by atoms with van der Waals surface area (Å²) in [7, 11) is 0. The molecule has 362 valence electrons. The summed E-state index contributed by atoms with van der Waals surface area (Å²) in [6, 6.07) is 57.0. The van der Waals surface area contributed by atoms with Crippen LogP contribution in [0, 0.1) is 25.7 Å². The first kappa shape index (κ1) is 53.3. The third-order valence-electron chi connectivity index (χ3n) is 12.0. The second kappa shape index (κ2) is 28.6. The molecule has 0 atom stereocenters. The van der Waals surface area contributed by atoms with E-state index in [0.717, 1.165) is 76.9 Å².